The number of amides is 1. The predicted octanol–water partition coefficient (Wildman–Crippen LogP) is 2.50. The number of primary amides is 1. The molecule has 1 saturated heterocycles. The molecule has 3 rings (SSSR count). The number of hydrogen-bond donors (Lipinski definition) is 1. The average molecular weight is 354 g/mol. The van der Waals surface area contributed by atoms with Gasteiger partial charge in [-0.1, -0.05) is 12.1 Å². The number of benzene rings is 1. The lowest BCUT2D eigenvalue weighted by Crippen LogP contribution is -2.24. The second kappa shape index (κ2) is 6.83. The molecule has 1 aliphatic rings. The normalized spacial score (nSPS) is 16.1. The number of nitrogens with two attached hydrogens (primary N) is 1. The van der Waals surface area contributed by atoms with E-state index in [9.17, 15) is 18.0 Å². The Morgan fingerprint density at radius 3 is 2.44 bits per heavy atom. The van der Waals surface area contributed by atoms with Crippen LogP contribution in [0, 0.1) is 0 Å². The molecule has 0 aliphatic carbocycles. The number of nitrogens with zero attached hydrogens (tertiary/aromatic N) is 3. The number of halogens is 3. The first-order chi connectivity index (χ1) is 11.8. The van der Waals surface area contributed by atoms with Gasteiger partial charge in [0.1, 0.15) is 12.4 Å². The van der Waals surface area contributed by atoms with E-state index in [0.717, 1.165) is 4.68 Å². The van der Waals surface area contributed by atoms with Crippen molar-refractivity contribution in [2.75, 3.05) is 13.2 Å². The van der Waals surface area contributed by atoms with E-state index in [-0.39, 0.29) is 11.7 Å². The number of alkyl halides is 3. The molecule has 0 spiro atoms. The lowest BCUT2D eigenvalue weighted by molar-refractivity contribution is -0.143. The zero-order valence-electron chi connectivity index (χ0n) is 13.3. The van der Waals surface area contributed by atoms with E-state index in [1.54, 1.807) is 12.1 Å². The van der Waals surface area contributed by atoms with Crippen LogP contribution in [0.1, 0.15) is 34.9 Å². The van der Waals surface area contributed by atoms with Gasteiger partial charge in [0.2, 0.25) is 5.91 Å². The fourth-order valence-corrected chi connectivity index (χ4v) is 2.80. The molecule has 1 aromatic carbocycles. The lowest BCUT2D eigenvalue weighted by atomic mass is 9.99. The molecule has 1 aliphatic heterocycles. The van der Waals surface area contributed by atoms with Gasteiger partial charge in [-0.25, -0.2) is 9.67 Å². The number of ether oxygens (including phenoxy) is 1. The molecule has 0 unspecified atom stereocenters. The molecule has 134 valence electrons. The highest BCUT2D eigenvalue weighted by Crippen LogP contribution is 2.29. The molecule has 2 heterocycles. The number of carbonyl (C=O) groups is 1. The summed E-state index contributed by atoms with van der Waals surface area (Å²) in [5, 5.41) is 4.04. The van der Waals surface area contributed by atoms with Crippen molar-refractivity contribution in [1.82, 2.24) is 14.8 Å². The Balaban J connectivity index is 1.95. The SMILES string of the molecule is NC(=O)c1ccc(-c2nc(C3CCOCC3)n(CC(F)(F)F)n2)cc1. The van der Waals surface area contributed by atoms with Gasteiger partial charge in [0.15, 0.2) is 5.82 Å². The number of carbonyl (C=O) groups excluding carboxylic acids is 1. The van der Waals surface area contributed by atoms with Gasteiger partial charge < -0.3 is 10.5 Å². The largest absolute Gasteiger partial charge is 0.408 e. The van der Waals surface area contributed by atoms with Gasteiger partial charge in [0, 0.05) is 30.3 Å². The summed E-state index contributed by atoms with van der Waals surface area (Å²) < 4.78 is 44.8. The Morgan fingerprint density at radius 2 is 1.88 bits per heavy atom. The first-order valence-corrected chi connectivity index (χ1v) is 7.83. The molecule has 25 heavy (non-hydrogen) atoms. The third-order valence-electron chi connectivity index (χ3n) is 4.04. The zero-order valence-corrected chi connectivity index (χ0v) is 13.3. The fourth-order valence-electron chi connectivity index (χ4n) is 2.80. The van der Waals surface area contributed by atoms with Crippen LogP contribution in [0.4, 0.5) is 13.2 Å². The first-order valence-electron chi connectivity index (χ1n) is 7.83. The fraction of sp³-hybridized carbons (Fsp3) is 0.438. The molecular formula is C16H17F3N4O2. The highest BCUT2D eigenvalue weighted by Gasteiger charge is 2.32. The molecular weight excluding hydrogens is 337 g/mol. The maximum absolute atomic E-state index is 12.9. The molecule has 1 amide bonds. The number of hydrogen-bond acceptors (Lipinski definition) is 4. The van der Waals surface area contributed by atoms with E-state index in [1.807, 2.05) is 0 Å². The molecule has 6 nitrogen and oxygen atoms in total. The van der Waals surface area contributed by atoms with Crippen LogP contribution in [0.2, 0.25) is 0 Å². The molecule has 0 bridgehead atoms. The van der Waals surface area contributed by atoms with Crippen LogP contribution in [0.25, 0.3) is 11.4 Å². The Bertz CT molecular complexity index is 750. The number of rotatable bonds is 4. The molecule has 1 fully saturated rings. The van der Waals surface area contributed by atoms with Gasteiger partial charge in [-0.15, -0.1) is 0 Å². The minimum absolute atomic E-state index is 0.123. The Hall–Kier alpha value is -2.42. The summed E-state index contributed by atoms with van der Waals surface area (Å²) in [4.78, 5) is 15.5. The molecule has 0 radical (unpaired) electrons. The highest BCUT2D eigenvalue weighted by atomic mass is 19.4. The van der Waals surface area contributed by atoms with Crippen molar-refractivity contribution in [2.24, 2.45) is 5.73 Å². The van der Waals surface area contributed by atoms with Crippen molar-refractivity contribution < 1.29 is 22.7 Å². The van der Waals surface area contributed by atoms with E-state index in [2.05, 4.69) is 10.1 Å². The summed E-state index contributed by atoms with van der Waals surface area (Å²) in [6.07, 6.45) is -3.17. The highest BCUT2D eigenvalue weighted by molar-refractivity contribution is 5.93. The second-order valence-corrected chi connectivity index (χ2v) is 5.89. The molecule has 1 aromatic heterocycles. The van der Waals surface area contributed by atoms with Crippen LogP contribution in [-0.2, 0) is 11.3 Å². The Labute approximate surface area is 141 Å². The quantitative estimate of drug-likeness (QED) is 0.914. The van der Waals surface area contributed by atoms with Crippen LogP contribution in [0.3, 0.4) is 0 Å². The maximum Gasteiger partial charge on any atom is 0.408 e. The topological polar surface area (TPSA) is 83.0 Å². The van der Waals surface area contributed by atoms with E-state index in [0.29, 0.717) is 43.0 Å². The Morgan fingerprint density at radius 1 is 1.24 bits per heavy atom. The van der Waals surface area contributed by atoms with Gasteiger partial charge in [-0.2, -0.15) is 18.3 Å². The van der Waals surface area contributed by atoms with Crippen LogP contribution >= 0.6 is 0 Å². The third kappa shape index (κ3) is 4.16. The molecule has 2 aromatic rings. The molecule has 2 N–H and O–H groups in total. The first kappa shape index (κ1) is 17.4. The predicted molar refractivity (Wildman–Crippen MR) is 82.8 cm³/mol. The Kier molecular flexibility index (Phi) is 4.76. The van der Waals surface area contributed by atoms with Gasteiger partial charge in [-0.05, 0) is 25.0 Å². The summed E-state index contributed by atoms with van der Waals surface area (Å²) in [7, 11) is 0. The van der Waals surface area contributed by atoms with Crippen molar-refractivity contribution in [1.29, 1.82) is 0 Å². The van der Waals surface area contributed by atoms with Crippen LogP contribution < -0.4 is 5.73 Å². The molecule has 9 heteroatoms. The van der Waals surface area contributed by atoms with Crippen molar-refractivity contribution in [3.63, 3.8) is 0 Å². The third-order valence-corrected chi connectivity index (χ3v) is 4.04. The van der Waals surface area contributed by atoms with Gasteiger partial charge in [0.05, 0.1) is 0 Å². The summed E-state index contributed by atoms with van der Waals surface area (Å²) in [5.41, 5.74) is 6.02. The van der Waals surface area contributed by atoms with Crippen molar-refractivity contribution in [2.45, 2.75) is 31.5 Å². The van der Waals surface area contributed by atoms with E-state index >= 15 is 0 Å². The zero-order chi connectivity index (χ0) is 18.0. The van der Waals surface area contributed by atoms with Crippen LogP contribution in [0.5, 0.6) is 0 Å². The minimum atomic E-state index is -4.39. The molecule has 0 atom stereocenters. The van der Waals surface area contributed by atoms with E-state index < -0.39 is 18.6 Å². The lowest BCUT2D eigenvalue weighted by Gasteiger charge is -2.21. The average Bonchev–Trinajstić information content (AvgIpc) is 2.97. The standard InChI is InChI=1S/C16H17F3N4O2/c17-16(18,19)9-23-15(12-5-7-25-8-6-12)21-14(22-23)11-3-1-10(2-4-11)13(20)24/h1-4,12H,5-9H2,(H2,20,24). The van der Waals surface area contributed by atoms with Gasteiger partial charge in [-0.3, -0.25) is 4.79 Å². The van der Waals surface area contributed by atoms with Crippen molar-refractivity contribution in [3.8, 4) is 11.4 Å². The number of aromatic nitrogens is 3. The smallest absolute Gasteiger partial charge is 0.381 e. The summed E-state index contributed by atoms with van der Waals surface area (Å²) in [5.74, 6) is -0.191. The molecule has 0 saturated carbocycles. The maximum atomic E-state index is 12.9. The second-order valence-electron chi connectivity index (χ2n) is 5.89. The van der Waals surface area contributed by atoms with E-state index in [1.165, 1.54) is 12.1 Å². The van der Waals surface area contributed by atoms with Gasteiger partial charge >= 0.3 is 6.18 Å². The van der Waals surface area contributed by atoms with Crippen LogP contribution in [0.15, 0.2) is 24.3 Å². The van der Waals surface area contributed by atoms with Crippen molar-refractivity contribution >= 4 is 5.91 Å². The summed E-state index contributed by atoms with van der Waals surface area (Å²) in [6, 6.07) is 6.13. The summed E-state index contributed by atoms with van der Waals surface area (Å²) in [6.45, 7) is -0.204. The van der Waals surface area contributed by atoms with Crippen LogP contribution in [-0.4, -0.2) is 40.1 Å². The van der Waals surface area contributed by atoms with E-state index in [4.69, 9.17) is 10.5 Å². The monoisotopic (exact) mass is 354 g/mol. The van der Waals surface area contributed by atoms with Crippen molar-refractivity contribution in [3.05, 3.63) is 35.7 Å². The van der Waals surface area contributed by atoms with Gasteiger partial charge in [0.25, 0.3) is 0 Å². The summed E-state index contributed by atoms with van der Waals surface area (Å²) >= 11 is 0. The minimum Gasteiger partial charge on any atom is -0.381 e.